The third-order valence-electron chi connectivity index (χ3n) is 6.92. The van der Waals surface area contributed by atoms with E-state index < -0.39 is 23.7 Å². The number of ketones is 1. The minimum Gasteiger partial charge on any atom is -0.496 e. The fourth-order valence-electron chi connectivity index (χ4n) is 5.06. The number of H-pyrrole nitrogens is 1. The highest BCUT2D eigenvalue weighted by Crippen LogP contribution is 2.35. The molecule has 1 aliphatic heterocycles. The van der Waals surface area contributed by atoms with Crippen LogP contribution in [0.2, 0.25) is 0 Å². The molecule has 2 aromatic carbocycles. The Bertz CT molecular complexity index is 1760. The van der Waals surface area contributed by atoms with Crippen LogP contribution >= 0.6 is 0 Å². The lowest BCUT2D eigenvalue weighted by molar-refractivity contribution is -0.144. The van der Waals surface area contributed by atoms with E-state index in [4.69, 9.17) is 4.74 Å². The molecule has 202 valence electrons. The third kappa shape index (κ3) is 4.27. The molecule has 0 unspecified atom stereocenters. The van der Waals surface area contributed by atoms with E-state index in [2.05, 4.69) is 20.1 Å². The highest BCUT2D eigenvalue weighted by atomic mass is 19.4. The Kier molecular flexibility index (Phi) is 6.09. The second-order valence-electron chi connectivity index (χ2n) is 9.21. The quantitative estimate of drug-likeness (QED) is 0.255. The number of alkyl halides is 3. The summed E-state index contributed by atoms with van der Waals surface area (Å²) < 4.78 is 45.6. The Morgan fingerprint density at radius 1 is 1.05 bits per heavy atom. The maximum absolute atomic E-state index is 13.5. The third-order valence-corrected chi connectivity index (χ3v) is 6.92. The van der Waals surface area contributed by atoms with Gasteiger partial charge in [0.1, 0.15) is 12.1 Å². The van der Waals surface area contributed by atoms with Crippen molar-refractivity contribution >= 4 is 22.6 Å². The molecule has 3 aromatic heterocycles. The molecule has 0 bridgehead atoms. The molecule has 6 rings (SSSR count). The summed E-state index contributed by atoms with van der Waals surface area (Å²) in [5, 5.41) is 3.79. The summed E-state index contributed by atoms with van der Waals surface area (Å²) in [6.45, 7) is 0.593. The Balaban J connectivity index is 1.32. The second-order valence-corrected chi connectivity index (χ2v) is 9.21. The monoisotopic (exact) mass is 546 g/mol. The number of carbonyl (C=O) groups excluding carboxylic acids is 2. The van der Waals surface area contributed by atoms with Crippen LogP contribution in [-0.2, 0) is 23.9 Å². The Morgan fingerprint density at radius 3 is 2.62 bits per heavy atom. The van der Waals surface area contributed by atoms with Crippen LogP contribution < -0.4 is 4.74 Å². The Hall–Kier alpha value is -5.00. The fourth-order valence-corrected chi connectivity index (χ4v) is 5.06. The first-order valence-corrected chi connectivity index (χ1v) is 12.3. The molecule has 0 spiro atoms. The van der Waals surface area contributed by atoms with Gasteiger partial charge in [0.05, 0.1) is 35.0 Å². The number of Topliss-reactive ketones (excluding diaryl/α,β-unsaturated/α-hetero) is 1. The van der Waals surface area contributed by atoms with E-state index in [1.54, 1.807) is 6.20 Å². The lowest BCUT2D eigenvalue weighted by Gasteiger charge is -2.29. The van der Waals surface area contributed by atoms with Gasteiger partial charge in [-0.25, -0.2) is 9.67 Å². The molecule has 0 atom stereocenters. The number of benzene rings is 2. The largest absolute Gasteiger partial charge is 0.496 e. The number of nitrogens with one attached hydrogen (secondary N) is 1. The average Bonchev–Trinajstić information content (AvgIpc) is 3.64. The number of aromatic amines is 1. The van der Waals surface area contributed by atoms with E-state index in [1.807, 2.05) is 36.4 Å². The maximum atomic E-state index is 13.5. The van der Waals surface area contributed by atoms with E-state index in [0.29, 0.717) is 13.0 Å². The number of methoxy groups -OCH3 is 1. The van der Waals surface area contributed by atoms with Gasteiger partial charge in [-0.05, 0) is 41.8 Å². The molecule has 0 radical (unpaired) electrons. The van der Waals surface area contributed by atoms with Gasteiger partial charge in [0.2, 0.25) is 0 Å². The summed E-state index contributed by atoms with van der Waals surface area (Å²) in [5.41, 5.74) is 4.38. The van der Waals surface area contributed by atoms with Crippen molar-refractivity contribution in [3.05, 3.63) is 89.8 Å². The van der Waals surface area contributed by atoms with Crippen molar-refractivity contribution in [2.24, 2.45) is 0 Å². The highest BCUT2D eigenvalue weighted by Gasteiger charge is 2.36. The van der Waals surface area contributed by atoms with Crippen LogP contribution in [0.5, 0.6) is 5.75 Å². The number of nitrogens with zero attached hydrogens (tertiary/aromatic N) is 5. The molecule has 5 aromatic rings. The normalized spacial score (nSPS) is 13.3. The number of fused-ring (bicyclic) bond motifs is 2. The van der Waals surface area contributed by atoms with Crippen molar-refractivity contribution in [1.29, 1.82) is 0 Å². The number of rotatable bonds is 5. The molecule has 9 nitrogen and oxygen atoms in total. The molecule has 1 aliphatic rings. The van der Waals surface area contributed by atoms with Crippen LogP contribution in [0.15, 0.2) is 67.3 Å². The Morgan fingerprint density at radius 2 is 1.90 bits per heavy atom. The molecule has 1 amide bonds. The van der Waals surface area contributed by atoms with Gasteiger partial charge in [0, 0.05) is 31.0 Å². The van der Waals surface area contributed by atoms with Gasteiger partial charge in [0.25, 0.3) is 17.5 Å². The molecule has 4 heterocycles. The first-order valence-electron chi connectivity index (χ1n) is 12.3. The van der Waals surface area contributed by atoms with E-state index in [9.17, 15) is 22.8 Å². The number of aromatic nitrogens is 5. The van der Waals surface area contributed by atoms with Gasteiger partial charge in [-0.15, -0.1) is 5.10 Å². The summed E-state index contributed by atoms with van der Waals surface area (Å²) in [6, 6.07) is 14.5. The number of amides is 1. The zero-order chi connectivity index (χ0) is 28.0. The summed E-state index contributed by atoms with van der Waals surface area (Å²) in [4.78, 5) is 39.1. The van der Waals surface area contributed by atoms with E-state index in [0.717, 1.165) is 33.4 Å². The lowest BCUT2D eigenvalue weighted by Crippen LogP contribution is -2.40. The van der Waals surface area contributed by atoms with Gasteiger partial charge in [-0.1, -0.05) is 24.3 Å². The van der Waals surface area contributed by atoms with Crippen LogP contribution in [0.4, 0.5) is 13.2 Å². The molecule has 1 N–H and O–H groups in total. The number of hydrogen-bond donors (Lipinski definition) is 1. The number of halogens is 3. The van der Waals surface area contributed by atoms with E-state index >= 15 is 0 Å². The molecule has 0 saturated heterocycles. The smallest absolute Gasteiger partial charge is 0.453 e. The van der Waals surface area contributed by atoms with Gasteiger partial charge < -0.3 is 14.6 Å². The lowest BCUT2D eigenvalue weighted by atomic mass is 9.92. The number of ether oxygens (including phenoxy) is 1. The zero-order valence-electron chi connectivity index (χ0n) is 21.1. The topological polar surface area (TPSA) is 106 Å². The maximum Gasteiger partial charge on any atom is 0.453 e. The average molecular weight is 547 g/mol. The predicted molar refractivity (Wildman–Crippen MR) is 138 cm³/mol. The highest BCUT2D eigenvalue weighted by molar-refractivity contribution is 6.45. The number of hydrogen-bond acceptors (Lipinski definition) is 6. The molecule has 0 saturated carbocycles. The first-order chi connectivity index (χ1) is 19.3. The number of carbonyl (C=O) groups is 2. The minimum atomic E-state index is -4.72. The van der Waals surface area contributed by atoms with Crippen LogP contribution in [0, 0.1) is 0 Å². The Labute approximate surface area is 225 Å². The predicted octanol–water partition coefficient (Wildman–Crippen LogP) is 4.61. The molecule has 12 heteroatoms. The van der Waals surface area contributed by atoms with Crippen molar-refractivity contribution in [3.8, 4) is 22.7 Å². The van der Waals surface area contributed by atoms with Gasteiger partial charge in [-0.2, -0.15) is 13.2 Å². The van der Waals surface area contributed by atoms with Crippen LogP contribution in [0.25, 0.3) is 27.8 Å². The summed E-state index contributed by atoms with van der Waals surface area (Å²) in [6.07, 6.45) is -0.148. The van der Waals surface area contributed by atoms with Crippen LogP contribution in [0.3, 0.4) is 0 Å². The van der Waals surface area contributed by atoms with Crippen molar-refractivity contribution < 1.29 is 27.5 Å². The van der Waals surface area contributed by atoms with Gasteiger partial charge in [-0.3, -0.25) is 14.6 Å². The molecule has 0 aliphatic carbocycles. The van der Waals surface area contributed by atoms with Crippen molar-refractivity contribution in [2.45, 2.75) is 19.1 Å². The SMILES string of the molecule is COc1ccc(-n2cnc(C(F)(F)F)n2)c2[nH]cc(C(=O)C(=O)N3CCc4c(cccc4-c4ccccn4)C3)c12. The minimum absolute atomic E-state index is 0.0443. The van der Waals surface area contributed by atoms with Crippen molar-refractivity contribution in [3.63, 3.8) is 0 Å². The van der Waals surface area contributed by atoms with E-state index in [1.165, 1.54) is 30.3 Å². The van der Waals surface area contributed by atoms with Crippen molar-refractivity contribution in [1.82, 2.24) is 29.6 Å². The van der Waals surface area contributed by atoms with Crippen LogP contribution in [0.1, 0.15) is 27.3 Å². The standard InChI is InChI=1S/C28H21F3N6O3/c1-40-22-9-8-21(37-15-34-27(35-37)28(29,30)31)24-23(22)19(13-33-24)25(38)26(39)36-12-10-17-16(14-36)5-4-6-18(17)20-7-2-3-11-32-20/h2-9,11,13,15,33H,10,12,14H2,1H3. The summed E-state index contributed by atoms with van der Waals surface area (Å²) >= 11 is 0. The molecule has 0 fully saturated rings. The number of pyridine rings is 1. The molecule has 40 heavy (non-hydrogen) atoms. The fraction of sp³-hybridized carbons (Fsp3) is 0.179. The molecular weight excluding hydrogens is 525 g/mol. The zero-order valence-corrected chi connectivity index (χ0v) is 21.1. The second kappa shape index (κ2) is 9.63. The van der Waals surface area contributed by atoms with E-state index in [-0.39, 0.29) is 34.4 Å². The summed E-state index contributed by atoms with van der Waals surface area (Å²) in [5.74, 6) is -2.48. The first kappa shape index (κ1) is 25.3. The van der Waals surface area contributed by atoms with Crippen LogP contribution in [-0.4, -0.2) is 55.0 Å². The molecular formula is C28H21F3N6O3. The van der Waals surface area contributed by atoms with Gasteiger partial charge in [0.15, 0.2) is 0 Å². The van der Waals surface area contributed by atoms with Crippen molar-refractivity contribution in [2.75, 3.05) is 13.7 Å². The van der Waals surface area contributed by atoms with Gasteiger partial charge >= 0.3 is 6.18 Å². The summed E-state index contributed by atoms with van der Waals surface area (Å²) in [7, 11) is 1.40.